The molecular weight excluding hydrogens is 250 g/mol. The minimum absolute atomic E-state index is 0.351. The number of benzene rings is 1. The average Bonchev–Trinajstić information content (AvgIpc) is 2.46. The molecule has 1 aromatic carbocycles. The molecule has 2 N–H and O–H groups in total. The molecule has 2 rings (SSSR count). The summed E-state index contributed by atoms with van der Waals surface area (Å²) in [6.45, 7) is 3.06. The van der Waals surface area contributed by atoms with Gasteiger partial charge in [0.25, 0.3) is 0 Å². The van der Waals surface area contributed by atoms with Crippen molar-refractivity contribution < 1.29 is 9.90 Å². The fourth-order valence-electron chi connectivity index (χ4n) is 3.06. The van der Waals surface area contributed by atoms with E-state index in [1.54, 1.807) is 12.1 Å². The summed E-state index contributed by atoms with van der Waals surface area (Å²) in [6, 6.07) is 7.65. The van der Waals surface area contributed by atoms with Crippen LogP contribution in [0.2, 0.25) is 0 Å². The lowest BCUT2D eigenvalue weighted by Gasteiger charge is -2.25. The van der Waals surface area contributed by atoms with Crippen LogP contribution in [0.1, 0.15) is 61.4 Å². The summed E-state index contributed by atoms with van der Waals surface area (Å²) in [5.74, 6) is 0.0239. The molecule has 1 atom stereocenters. The van der Waals surface area contributed by atoms with Crippen LogP contribution in [0.4, 0.5) is 0 Å². The first kappa shape index (κ1) is 15.0. The number of rotatable bonds is 6. The molecule has 1 aromatic rings. The van der Waals surface area contributed by atoms with Crippen LogP contribution in [-0.4, -0.2) is 17.1 Å². The molecule has 0 bridgehead atoms. The maximum Gasteiger partial charge on any atom is 0.335 e. The molecule has 1 fully saturated rings. The highest BCUT2D eigenvalue weighted by atomic mass is 16.4. The van der Waals surface area contributed by atoms with E-state index in [0.717, 1.165) is 18.0 Å². The van der Waals surface area contributed by atoms with Crippen molar-refractivity contribution in [3.63, 3.8) is 0 Å². The van der Waals surface area contributed by atoms with Crippen LogP contribution in [-0.2, 0) is 6.54 Å². The van der Waals surface area contributed by atoms with E-state index < -0.39 is 5.97 Å². The zero-order valence-corrected chi connectivity index (χ0v) is 12.3. The Bertz CT molecular complexity index is 421. The van der Waals surface area contributed by atoms with E-state index in [1.165, 1.54) is 38.5 Å². The highest BCUT2D eigenvalue weighted by molar-refractivity contribution is 5.87. The van der Waals surface area contributed by atoms with Crippen molar-refractivity contribution in [1.82, 2.24) is 5.32 Å². The van der Waals surface area contributed by atoms with Crippen LogP contribution < -0.4 is 5.32 Å². The topological polar surface area (TPSA) is 49.3 Å². The Morgan fingerprint density at radius 1 is 1.25 bits per heavy atom. The number of carbonyl (C=O) groups is 1. The van der Waals surface area contributed by atoms with Gasteiger partial charge in [0.2, 0.25) is 0 Å². The van der Waals surface area contributed by atoms with Gasteiger partial charge in [-0.1, -0.05) is 44.2 Å². The number of aromatic carboxylic acids is 1. The van der Waals surface area contributed by atoms with Crippen molar-refractivity contribution in [2.75, 3.05) is 0 Å². The maximum atomic E-state index is 10.8. The number of hydrogen-bond acceptors (Lipinski definition) is 2. The predicted molar refractivity (Wildman–Crippen MR) is 80.9 cm³/mol. The van der Waals surface area contributed by atoms with Crippen molar-refractivity contribution in [3.8, 4) is 0 Å². The normalized spacial score (nSPS) is 17.9. The van der Waals surface area contributed by atoms with Crippen molar-refractivity contribution >= 4 is 5.97 Å². The standard InChI is InChI=1S/C17H25NO2/c1-13(11-14-5-3-2-4-6-14)18-12-15-7-9-16(10-8-15)17(19)20/h7-10,13-14,18H,2-6,11-12H2,1H3,(H,19,20)/t13-/m0/s1. The van der Waals surface area contributed by atoms with E-state index in [4.69, 9.17) is 5.11 Å². The molecule has 0 heterocycles. The molecule has 1 saturated carbocycles. The third-order valence-corrected chi connectivity index (χ3v) is 4.27. The Morgan fingerprint density at radius 3 is 2.50 bits per heavy atom. The summed E-state index contributed by atoms with van der Waals surface area (Å²) >= 11 is 0. The van der Waals surface area contributed by atoms with E-state index in [-0.39, 0.29) is 0 Å². The van der Waals surface area contributed by atoms with Crippen LogP contribution in [0.15, 0.2) is 24.3 Å². The van der Waals surface area contributed by atoms with E-state index >= 15 is 0 Å². The van der Waals surface area contributed by atoms with Crippen molar-refractivity contribution in [1.29, 1.82) is 0 Å². The molecule has 1 aliphatic carbocycles. The molecule has 0 spiro atoms. The maximum absolute atomic E-state index is 10.8. The Hall–Kier alpha value is -1.35. The first-order chi connectivity index (χ1) is 9.65. The molecule has 0 amide bonds. The number of hydrogen-bond donors (Lipinski definition) is 2. The molecule has 3 nitrogen and oxygen atoms in total. The number of carboxylic acids is 1. The quantitative estimate of drug-likeness (QED) is 0.829. The fraction of sp³-hybridized carbons (Fsp3) is 0.588. The Kier molecular flexibility index (Phi) is 5.60. The molecule has 0 unspecified atom stereocenters. The first-order valence-corrected chi connectivity index (χ1v) is 7.71. The van der Waals surface area contributed by atoms with Gasteiger partial charge in [-0.25, -0.2) is 4.79 Å². The first-order valence-electron chi connectivity index (χ1n) is 7.71. The van der Waals surface area contributed by atoms with E-state index in [1.807, 2.05) is 12.1 Å². The molecule has 0 radical (unpaired) electrons. The lowest BCUT2D eigenvalue weighted by molar-refractivity contribution is 0.0697. The van der Waals surface area contributed by atoms with Crippen molar-refractivity contribution in [2.24, 2.45) is 5.92 Å². The molecule has 0 aliphatic heterocycles. The summed E-state index contributed by atoms with van der Waals surface area (Å²) < 4.78 is 0. The Morgan fingerprint density at radius 2 is 1.90 bits per heavy atom. The average molecular weight is 275 g/mol. The van der Waals surface area contributed by atoms with E-state index in [0.29, 0.717) is 11.6 Å². The summed E-state index contributed by atoms with van der Waals surface area (Å²) in [7, 11) is 0. The third-order valence-electron chi connectivity index (χ3n) is 4.27. The highest BCUT2D eigenvalue weighted by Crippen LogP contribution is 2.27. The third kappa shape index (κ3) is 4.64. The largest absolute Gasteiger partial charge is 0.478 e. The zero-order chi connectivity index (χ0) is 14.4. The van der Waals surface area contributed by atoms with Gasteiger partial charge in [0.1, 0.15) is 0 Å². The van der Waals surface area contributed by atoms with Gasteiger partial charge in [-0.05, 0) is 37.0 Å². The van der Waals surface area contributed by atoms with Gasteiger partial charge in [0.15, 0.2) is 0 Å². The minimum atomic E-state index is -0.866. The molecule has 110 valence electrons. The lowest BCUT2D eigenvalue weighted by atomic mass is 9.85. The molecule has 0 aromatic heterocycles. The second kappa shape index (κ2) is 7.44. The summed E-state index contributed by atoms with van der Waals surface area (Å²) in [5.41, 5.74) is 1.49. The smallest absolute Gasteiger partial charge is 0.335 e. The SMILES string of the molecule is C[C@@H](CC1CCCCC1)NCc1ccc(C(=O)O)cc1. The number of nitrogens with one attached hydrogen (secondary N) is 1. The van der Waals surface area contributed by atoms with Gasteiger partial charge in [-0.15, -0.1) is 0 Å². The highest BCUT2D eigenvalue weighted by Gasteiger charge is 2.16. The second-order valence-electron chi connectivity index (χ2n) is 6.02. The molecule has 20 heavy (non-hydrogen) atoms. The van der Waals surface area contributed by atoms with Gasteiger partial charge in [0, 0.05) is 12.6 Å². The van der Waals surface area contributed by atoms with Crippen LogP contribution >= 0.6 is 0 Å². The predicted octanol–water partition coefficient (Wildman–Crippen LogP) is 3.83. The molecule has 1 aliphatic rings. The van der Waals surface area contributed by atoms with Crippen molar-refractivity contribution in [3.05, 3.63) is 35.4 Å². The van der Waals surface area contributed by atoms with Gasteiger partial charge in [-0.2, -0.15) is 0 Å². The minimum Gasteiger partial charge on any atom is -0.478 e. The van der Waals surface area contributed by atoms with Gasteiger partial charge in [-0.3, -0.25) is 0 Å². The fourth-order valence-corrected chi connectivity index (χ4v) is 3.06. The monoisotopic (exact) mass is 275 g/mol. The van der Waals surface area contributed by atoms with Crippen LogP contribution in [0, 0.1) is 5.92 Å². The summed E-state index contributed by atoms with van der Waals surface area (Å²) in [5, 5.41) is 12.4. The molecule has 3 heteroatoms. The van der Waals surface area contributed by atoms with Crippen LogP contribution in [0.25, 0.3) is 0 Å². The van der Waals surface area contributed by atoms with Crippen molar-refractivity contribution in [2.45, 2.75) is 58.0 Å². The van der Waals surface area contributed by atoms with Crippen LogP contribution in [0.5, 0.6) is 0 Å². The van der Waals surface area contributed by atoms with E-state index in [9.17, 15) is 4.79 Å². The van der Waals surface area contributed by atoms with Gasteiger partial charge in [0.05, 0.1) is 5.56 Å². The van der Waals surface area contributed by atoms with E-state index in [2.05, 4.69) is 12.2 Å². The molecular formula is C17H25NO2. The summed E-state index contributed by atoms with van der Waals surface area (Å²) in [4.78, 5) is 10.8. The summed E-state index contributed by atoms with van der Waals surface area (Å²) in [6.07, 6.45) is 8.24. The van der Waals surface area contributed by atoms with Gasteiger partial charge >= 0.3 is 5.97 Å². The second-order valence-corrected chi connectivity index (χ2v) is 6.02. The Balaban J connectivity index is 1.74. The molecule has 0 saturated heterocycles. The van der Waals surface area contributed by atoms with Gasteiger partial charge < -0.3 is 10.4 Å². The van der Waals surface area contributed by atoms with Crippen LogP contribution in [0.3, 0.4) is 0 Å². The zero-order valence-electron chi connectivity index (χ0n) is 12.3. The Labute approximate surface area is 121 Å². The lowest BCUT2D eigenvalue weighted by Crippen LogP contribution is -2.28. The number of carboxylic acid groups (broad SMARTS) is 1.